The van der Waals surface area contributed by atoms with Gasteiger partial charge in [-0.1, -0.05) is 23.7 Å². The fraction of sp³-hybridized carbons (Fsp3) is 0.300. The second-order valence-electron chi connectivity index (χ2n) is 3.34. The number of benzene rings is 1. The zero-order chi connectivity index (χ0) is 11.4. The van der Waals surface area contributed by atoms with Gasteiger partial charge in [0, 0.05) is 11.1 Å². The second kappa shape index (κ2) is 5.11. The molecule has 1 aromatic carbocycles. The van der Waals surface area contributed by atoms with E-state index < -0.39 is 18.1 Å². The third-order valence-corrected chi connectivity index (χ3v) is 2.33. The van der Waals surface area contributed by atoms with E-state index in [1.54, 1.807) is 24.3 Å². The normalized spacial score (nSPS) is 14.6. The van der Waals surface area contributed by atoms with Crippen LogP contribution in [0.4, 0.5) is 0 Å². The van der Waals surface area contributed by atoms with Gasteiger partial charge >= 0.3 is 0 Å². The van der Waals surface area contributed by atoms with E-state index in [-0.39, 0.29) is 0 Å². The Morgan fingerprint density at radius 3 is 2.40 bits per heavy atom. The molecule has 1 aromatic rings. The summed E-state index contributed by atoms with van der Waals surface area (Å²) in [5, 5.41) is 9.91. The Balaban J connectivity index is 2.62. The number of amides is 1. The van der Waals surface area contributed by atoms with Gasteiger partial charge in [0.15, 0.2) is 0 Å². The third-order valence-electron chi connectivity index (χ3n) is 2.08. The molecule has 0 fully saturated rings. The number of aliphatic hydroxyl groups is 1. The summed E-state index contributed by atoms with van der Waals surface area (Å²) in [5.41, 5.74) is 11.4. The standard InChI is InChI=1S/C10H13ClN2O2/c11-7-3-1-6(2-4-7)5-8(12)9(14)10(13)15/h1-4,8-9,14H,5,12H2,(H2,13,15). The van der Waals surface area contributed by atoms with Gasteiger partial charge in [0.05, 0.1) is 0 Å². The first-order chi connectivity index (χ1) is 7.00. The molecule has 0 saturated heterocycles. The number of primary amides is 1. The van der Waals surface area contributed by atoms with Crippen LogP contribution in [0.1, 0.15) is 5.56 Å². The van der Waals surface area contributed by atoms with Gasteiger partial charge in [0.2, 0.25) is 5.91 Å². The summed E-state index contributed by atoms with van der Waals surface area (Å²) in [6.07, 6.45) is -0.943. The van der Waals surface area contributed by atoms with Crippen LogP contribution in [0.3, 0.4) is 0 Å². The minimum atomic E-state index is -1.32. The predicted molar refractivity (Wildman–Crippen MR) is 58.3 cm³/mol. The van der Waals surface area contributed by atoms with Crippen molar-refractivity contribution in [3.63, 3.8) is 0 Å². The first kappa shape index (κ1) is 12.0. The lowest BCUT2D eigenvalue weighted by Crippen LogP contribution is -2.45. The minimum absolute atomic E-state index is 0.376. The van der Waals surface area contributed by atoms with Crippen molar-refractivity contribution in [2.45, 2.75) is 18.6 Å². The topological polar surface area (TPSA) is 89.3 Å². The van der Waals surface area contributed by atoms with Crippen LogP contribution in [0.5, 0.6) is 0 Å². The van der Waals surface area contributed by atoms with E-state index in [9.17, 15) is 9.90 Å². The van der Waals surface area contributed by atoms with Crippen LogP contribution in [-0.4, -0.2) is 23.2 Å². The summed E-state index contributed by atoms with van der Waals surface area (Å²) in [5.74, 6) is -0.809. The minimum Gasteiger partial charge on any atom is -0.382 e. The molecule has 15 heavy (non-hydrogen) atoms. The molecule has 0 aliphatic rings. The van der Waals surface area contributed by atoms with E-state index >= 15 is 0 Å². The van der Waals surface area contributed by atoms with Crippen LogP contribution >= 0.6 is 11.6 Å². The van der Waals surface area contributed by atoms with Gasteiger partial charge in [-0.2, -0.15) is 0 Å². The molecule has 1 amide bonds. The maximum Gasteiger partial charge on any atom is 0.247 e. The molecule has 0 spiro atoms. The molecule has 0 aromatic heterocycles. The number of nitrogens with two attached hydrogens (primary N) is 2. The lowest BCUT2D eigenvalue weighted by atomic mass is 10.0. The fourth-order valence-electron chi connectivity index (χ4n) is 1.22. The smallest absolute Gasteiger partial charge is 0.247 e. The highest BCUT2D eigenvalue weighted by atomic mass is 35.5. The molecule has 5 heteroatoms. The Morgan fingerprint density at radius 2 is 1.93 bits per heavy atom. The van der Waals surface area contributed by atoms with Gasteiger partial charge in [-0.15, -0.1) is 0 Å². The zero-order valence-electron chi connectivity index (χ0n) is 8.06. The number of rotatable bonds is 4. The SMILES string of the molecule is NC(=O)C(O)C(N)Cc1ccc(Cl)cc1. The monoisotopic (exact) mass is 228 g/mol. The van der Waals surface area contributed by atoms with Gasteiger partial charge in [-0.25, -0.2) is 0 Å². The quantitative estimate of drug-likeness (QED) is 0.681. The van der Waals surface area contributed by atoms with Gasteiger partial charge < -0.3 is 16.6 Å². The average molecular weight is 229 g/mol. The summed E-state index contributed by atoms with van der Waals surface area (Å²) in [7, 11) is 0. The van der Waals surface area contributed by atoms with Gasteiger partial charge in [0.25, 0.3) is 0 Å². The molecule has 2 unspecified atom stereocenters. The van der Waals surface area contributed by atoms with Crippen molar-refractivity contribution >= 4 is 17.5 Å². The highest BCUT2D eigenvalue weighted by Crippen LogP contribution is 2.11. The van der Waals surface area contributed by atoms with Crippen LogP contribution in [0.15, 0.2) is 24.3 Å². The van der Waals surface area contributed by atoms with Crippen LogP contribution in [0, 0.1) is 0 Å². The van der Waals surface area contributed by atoms with E-state index in [1.165, 1.54) is 0 Å². The summed E-state index contributed by atoms with van der Waals surface area (Å²) in [6, 6.07) is 6.33. The van der Waals surface area contributed by atoms with E-state index in [2.05, 4.69) is 0 Å². The van der Waals surface area contributed by atoms with Crippen LogP contribution in [0.25, 0.3) is 0 Å². The van der Waals surface area contributed by atoms with E-state index in [0.717, 1.165) is 5.56 Å². The Bertz CT molecular complexity index is 340. The molecule has 0 radical (unpaired) electrons. The van der Waals surface area contributed by atoms with Crippen molar-refractivity contribution < 1.29 is 9.90 Å². The van der Waals surface area contributed by atoms with Crippen molar-refractivity contribution in [1.29, 1.82) is 0 Å². The molecule has 1 rings (SSSR count). The summed E-state index contributed by atoms with van der Waals surface area (Å²) in [6.45, 7) is 0. The molecule has 2 atom stereocenters. The van der Waals surface area contributed by atoms with Crippen LogP contribution < -0.4 is 11.5 Å². The van der Waals surface area contributed by atoms with Gasteiger partial charge in [0.1, 0.15) is 6.10 Å². The first-order valence-corrected chi connectivity index (χ1v) is 4.86. The van der Waals surface area contributed by atoms with Crippen molar-refractivity contribution in [2.75, 3.05) is 0 Å². The Labute approximate surface area is 92.8 Å². The molecule has 0 heterocycles. The maximum absolute atomic E-state index is 10.7. The fourth-order valence-corrected chi connectivity index (χ4v) is 1.34. The Morgan fingerprint density at radius 1 is 1.40 bits per heavy atom. The molecule has 0 aliphatic heterocycles. The van der Waals surface area contributed by atoms with E-state index in [0.29, 0.717) is 11.4 Å². The molecule has 0 saturated carbocycles. The number of hydrogen-bond donors (Lipinski definition) is 3. The number of carbonyl (C=O) groups excluding carboxylic acids is 1. The third kappa shape index (κ3) is 3.51. The second-order valence-corrected chi connectivity index (χ2v) is 3.78. The maximum atomic E-state index is 10.7. The largest absolute Gasteiger partial charge is 0.382 e. The lowest BCUT2D eigenvalue weighted by Gasteiger charge is -2.15. The highest BCUT2D eigenvalue weighted by Gasteiger charge is 2.20. The highest BCUT2D eigenvalue weighted by molar-refractivity contribution is 6.30. The summed E-state index contributed by atoms with van der Waals surface area (Å²) < 4.78 is 0. The average Bonchev–Trinajstić information content (AvgIpc) is 2.20. The van der Waals surface area contributed by atoms with Crippen molar-refractivity contribution in [3.8, 4) is 0 Å². The molecule has 82 valence electrons. The Hall–Kier alpha value is -1.10. The predicted octanol–water partition coefficient (Wildman–Crippen LogP) is 0.0560. The summed E-state index contributed by atoms with van der Waals surface area (Å²) in [4.78, 5) is 10.7. The summed E-state index contributed by atoms with van der Waals surface area (Å²) >= 11 is 5.71. The molecular formula is C10H13ClN2O2. The van der Waals surface area contributed by atoms with Gasteiger partial charge in [-0.3, -0.25) is 4.79 Å². The van der Waals surface area contributed by atoms with E-state index in [4.69, 9.17) is 23.1 Å². The van der Waals surface area contributed by atoms with Gasteiger partial charge in [-0.05, 0) is 24.1 Å². The molecular weight excluding hydrogens is 216 g/mol. The number of hydrogen-bond acceptors (Lipinski definition) is 3. The zero-order valence-corrected chi connectivity index (χ0v) is 8.82. The molecule has 0 bridgehead atoms. The lowest BCUT2D eigenvalue weighted by molar-refractivity contribution is -0.126. The van der Waals surface area contributed by atoms with Crippen LogP contribution in [0.2, 0.25) is 5.02 Å². The van der Waals surface area contributed by atoms with Crippen LogP contribution in [-0.2, 0) is 11.2 Å². The number of aliphatic hydroxyl groups excluding tert-OH is 1. The molecule has 4 nitrogen and oxygen atoms in total. The number of carbonyl (C=O) groups is 1. The van der Waals surface area contributed by atoms with Crippen molar-refractivity contribution in [2.24, 2.45) is 11.5 Å². The Kier molecular flexibility index (Phi) is 4.08. The van der Waals surface area contributed by atoms with Crippen molar-refractivity contribution in [1.82, 2.24) is 0 Å². The molecule has 5 N–H and O–H groups in total. The first-order valence-electron chi connectivity index (χ1n) is 4.48. The van der Waals surface area contributed by atoms with Crippen molar-refractivity contribution in [3.05, 3.63) is 34.9 Å². The van der Waals surface area contributed by atoms with E-state index in [1.807, 2.05) is 0 Å². The molecule has 0 aliphatic carbocycles. The number of halogens is 1.